The van der Waals surface area contributed by atoms with E-state index in [0.717, 1.165) is 11.3 Å². The maximum Gasteiger partial charge on any atom is 0.308 e. The summed E-state index contributed by atoms with van der Waals surface area (Å²) in [4.78, 5) is 24.0. The van der Waals surface area contributed by atoms with Gasteiger partial charge in [0.25, 0.3) is 0 Å². The van der Waals surface area contributed by atoms with Crippen LogP contribution >= 0.6 is 0 Å². The fraction of sp³-hybridized carbons (Fsp3) is 0.467. The van der Waals surface area contributed by atoms with Crippen LogP contribution in [0.1, 0.15) is 17.5 Å². The second-order valence-electron chi connectivity index (χ2n) is 5.17. The van der Waals surface area contributed by atoms with Gasteiger partial charge in [-0.2, -0.15) is 0 Å². The molecule has 1 aliphatic heterocycles. The van der Waals surface area contributed by atoms with Crippen LogP contribution in [-0.4, -0.2) is 41.6 Å². The number of carbonyl (C=O) groups excluding carboxylic acids is 1. The lowest BCUT2D eigenvalue weighted by Gasteiger charge is -2.16. The van der Waals surface area contributed by atoms with Crippen LogP contribution < -0.4 is 4.74 Å². The normalized spacial score (nSPS) is 18.4. The number of hydrogen-bond donors (Lipinski definition) is 1. The van der Waals surface area contributed by atoms with Gasteiger partial charge in [-0.05, 0) is 37.1 Å². The van der Waals surface area contributed by atoms with Crippen LogP contribution in [0, 0.1) is 19.8 Å². The third-order valence-electron chi connectivity index (χ3n) is 3.67. The van der Waals surface area contributed by atoms with Crippen molar-refractivity contribution < 1.29 is 19.4 Å². The third-order valence-corrected chi connectivity index (χ3v) is 3.67. The number of aliphatic carboxylic acids is 1. The predicted molar refractivity (Wildman–Crippen MR) is 73.7 cm³/mol. The summed E-state index contributed by atoms with van der Waals surface area (Å²) in [6, 6.07) is 5.85. The van der Waals surface area contributed by atoms with E-state index in [-0.39, 0.29) is 18.9 Å². The summed E-state index contributed by atoms with van der Waals surface area (Å²) in [6.07, 6.45) is 0.0962. The summed E-state index contributed by atoms with van der Waals surface area (Å²) in [7, 11) is 0. The van der Waals surface area contributed by atoms with E-state index in [2.05, 4.69) is 0 Å². The van der Waals surface area contributed by atoms with Gasteiger partial charge in [-0.1, -0.05) is 6.07 Å². The molecule has 0 saturated carbocycles. The van der Waals surface area contributed by atoms with E-state index >= 15 is 0 Å². The molecule has 1 saturated heterocycles. The zero-order valence-electron chi connectivity index (χ0n) is 11.8. The number of likely N-dealkylation sites (tertiary alicyclic amines) is 1. The van der Waals surface area contributed by atoms with Gasteiger partial charge in [-0.3, -0.25) is 9.59 Å². The first-order valence-corrected chi connectivity index (χ1v) is 6.68. The number of carboxylic acids is 1. The molecule has 1 unspecified atom stereocenters. The highest BCUT2D eigenvalue weighted by Crippen LogP contribution is 2.19. The molecule has 1 aromatic carbocycles. The van der Waals surface area contributed by atoms with Gasteiger partial charge in [-0.25, -0.2) is 0 Å². The SMILES string of the molecule is Cc1ccc(OCCN2CC(C(=O)O)CC2=O)cc1C. The first-order chi connectivity index (χ1) is 9.47. The average Bonchev–Trinajstić information content (AvgIpc) is 2.76. The molecule has 20 heavy (non-hydrogen) atoms. The maximum absolute atomic E-state index is 11.6. The smallest absolute Gasteiger partial charge is 0.308 e. The molecule has 0 aromatic heterocycles. The molecule has 0 bridgehead atoms. The van der Waals surface area contributed by atoms with E-state index in [1.807, 2.05) is 32.0 Å². The Balaban J connectivity index is 1.82. The van der Waals surface area contributed by atoms with E-state index in [1.165, 1.54) is 5.56 Å². The number of nitrogens with zero attached hydrogens (tertiary/aromatic N) is 1. The quantitative estimate of drug-likeness (QED) is 0.888. The Hall–Kier alpha value is -2.04. The van der Waals surface area contributed by atoms with E-state index in [1.54, 1.807) is 4.90 Å². The fourth-order valence-electron chi connectivity index (χ4n) is 2.23. The van der Waals surface area contributed by atoms with E-state index in [9.17, 15) is 9.59 Å². The molecule has 1 fully saturated rings. The second-order valence-corrected chi connectivity index (χ2v) is 5.17. The van der Waals surface area contributed by atoms with Crippen molar-refractivity contribution in [3.05, 3.63) is 29.3 Å². The Kier molecular flexibility index (Phi) is 4.27. The molecule has 5 nitrogen and oxygen atoms in total. The fourth-order valence-corrected chi connectivity index (χ4v) is 2.23. The summed E-state index contributed by atoms with van der Waals surface area (Å²) >= 11 is 0. The molecular weight excluding hydrogens is 258 g/mol. The third kappa shape index (κ3) is 3.29. The number of ether oxygens (including phenoxy) is 1. The highest BCUT2D eigenvalue weighted by molar-refractivity contribution is 5.86. The molecule has 1 heterocycles. The number of rotatable bonds is 5. The van der Waals surface area contributed by atoms with Gasteiger partial charge in [0.15, 0.2) is 0 Å². The van der Waals surface area contributed by atoms with Crippen LogP contribution in [0.3, 0.4) is 0 Å². The summed E-state index contributed by atoms with van der Waals surface area (Å²) in [5.74, 6) is -0.823. The summed E-state index contributed by atoms with van der Waals surface area (Å²) in [6.45, 7) is 5.14. The molecule has 2 rings (SSSR count). The Bertz CT molecular complexity index is 527. The molecule has 1 N–H and O–H groups in total. The van der Waals surface area contributed by atoms with Crippen LogP contribution in [0.2, 0.25) is 0 Å². The van der Waals surface area contributed by atoms with Crippen molar-refractivity contribution in [3.63, 3.8) is 0 Å². The van der Waals surface area contributed by atoms with Gasteiger partial charge in [0.2, 0.25) is 5.91 Å². The van der Waals surface area contributed by atoms with E-state index in [4.69, 9.17) is 9.84 Å². The van der Waals surface area contributed by atoms with Crippen molar-refractivity contribution in [3.8, 4) is 5.75 Å². The summed E-state index contributed by atoms with van der Waals surface area (Å²) in [5.41, 5.74) is 2.36. The van der Waals surface area contributed by atoms with Crippen molar-refractivity contribution in [1.82, 2.24) is 4.90 Å². The minimum atomic E-state index is -0.907. The maximum atomic E-state index is 11.6. The number of aryl methyl sites for hydroxylation is 2. The van der Waals surface area contributed by atoms with Crippen LogP contribution in [0.5, 0.6) is 5.75 Å². The largest absolute Gasteiger partial charge is 0.492 e. The van der Waals surface area contributed by atoms with Crippen LogP contribution in [0.4, 0.5) is 0 Å². The highest BCUT2D eigenvalue weighted by Gasteiger charge is 2.33. The van der Waals surface area contributed by atoms with Gasteiger partial charge in [0.1, 0.15) is 12.4 Å². The monoisotopic (exact) mass is 277 g/mol. The number of hydrogen-bond acceptors (Lipinski definition) is 3. The minimum absolute atomic E-state index is 0.0962. The Morgan fingerprint density at radius 2 is 2.15 bits per heavy atom. The topological polar surface area (TPSA) is 66.8 Å². The molecule has 1 aliphatic rings. The number of carbonyl (C=O) groups is 2. The summed E-state index contributed by atoms with van der Waals surface area (Å²) in [5, 5.41) is 8.90. The van der Waals surface area contributed by atoms with Gasteiger partial charge >= 0.3 is 5.97 Å². The van der Waals surface area contributed by atoms with Crippen molar-refractivity contribution in [2.75, 3.05) is 19.7 Å². The van der Waals surface area contributed by atoms with Crippen molar-refractivity contribution >= 4 is 11.9 Å². The predicted octanol–water partition coefficient (Wildman–Crippen LogP) is 1.62. The molecule has 0 radical (unpaired) electrons. The van der Waals surface area contributed by atoms with Crippen LogP contribution in [-0.2, 0) is 9.59 Å². The van der Waals surface area contributed by atoms with Gasteiger partial charge in [0, 0.05) is 13.0 Å². The first-order valence-electron chi connectivity index (χ1n) is 6.68. The van der Waals surface area contributed by atoms with Crippen molar-refractivity contribution in [1.29, 1.82) is 0 Å². The molecule has 1 aromatic rings. The second kappa shape index (κ2) is 5.94. The first kappa shape index (κ1) is 14.4. The van der Waals surface area contributed by atoms with Crippen LogP contribution in [0.25, 0.3) is 0 Å². The van der Waals surface area contributed by atoms with Gasteiger partial charge < -0.3 is 14.7 Å². The molecule has 1 amide bonds. The number of carboxylic acid groups (broad SMARTS) is 1. The highest BCUT2D eigenvalue weighted by atomic mass is 16.5. The minimum Gasteiger partial charge on any atom is -0.492 e. The zero-order chi connectivity index (χ0) is 14.7. The molecule has 5 heteroatoms. The number of benzene rings is 1. The van der Waals surface area contributed by atoms with Gasteiger partial charge in [0.05, 0.1) is 12.5 Å². The Morgan fingerprint density at radius 3 is 2.75 bits per heavy atom. The lowest BCUT2D eigenvalue weighted by molar-refractivity contribution is -0.141. The average molecular weight is 277 g/mol. The Morgan fingerprint density at radius 1 is 1.40 bits per heavy atom. The standard InChI is InChI=1S/C15H19NO4/c1-10-3-4-13(7-11(10)2)20-6-5-16-9-12(15(18)19)8-14(16)17/h3-4,7,12H,5-6,8-9H2,1-2H3,(H,18,19). The molecule has 108 valence electrons. The molecule has 0 aliphatic carbocycles. The van der Waals surface area contributed by atoms with Crippen LogP contribution in [0.15, 0.2) is 18.2 Å². The molecule has 0 spiro atoms. The summed E-state index contributed by atoms with van der Waals surface area (Å²) < 4.78 is 5.61. The zero-order valence-corrected chi connectivity index (χ0v) is 11.8. The molecule has 1 atom stereocenters. The number of amides is 1. The van der Waals surface area contributed by atoms with Gasteiger partial charge in [-0.15, -0.1) is 0 Å². The Labute approximate surface area is 118 Å². The van der Waals surface area contributed by atoms with E-state index < -0.39 is 11.9 Å². The lowest BCUT2D eigenvalue weighted by atomic mass is 10.1. The lowest BCUT2D eigenvalue weighted by Crippen LogP contribution is -2.30. The van der Waals surface area contributed by atoms with Crippen molar-refractivity contribution in [2.24, 2.45) is 5.92 Å². The van der Waals surface area contributed by atoms with Crippen molar-refractivity contribution in [2.45, 2.75) is 20.3 Å². The molecular formula is C15H19NO4. The van der Waals surface area contributed by atoms with E-state index in [0.29, 0.717) is 13.2 Å².